The molecule has 2 rings (SSSR count). The molecule has 1 N–H and O–H groups in total. The Morgan fingerprint density at radius 3 is 3.06 bits per heavy atom. The topological polar surface area (TPSA) is 41.3 Å². The van der Waals surface area contributed by atoms with Gasteiger partial charge in [0.15, 0.2) is 0 Å². The Morgan fingerprint density at radius 2 is 2.44 bits per heavy atom. The van der Waals surface area contributed by atoms with E-state index in [1.54, 1.807) is 0 Å². The number of aliphatic hydroxyl groups is 1. The SMILES string of the molecule is CCn1cncc1CN1CCC(C(C)O)C1. The molecule has 1 saturated heterocycles. The van der Waals surface area contributed by atoms with E-state index in [-0.39, 0.29) is 6.10 Å². The van der Waals surface area contributed by atoms with E-state index in [9.17, 15) is 5.11 Å². The van der Waals surface area contributed by atoms with Crippen LogP contribution < -0.4 is 0 Å². The van der Waals surface area contributed by atoms with Gasteiger partial charge in [-0.15, -0.1) is 0 Å². The molecule has 1 fully saturated rings. The van der Waals surface area contributed by atoms with Gasteiger partial charge in [0.2, 0.25) is 0 Å². The number of hydrogen-bond donors (Lipinski definition) is 1. The third kappa shape index (κ3) is 2.44. The van der Waals surface area contributed by atoms with E-state index >= 15 is 0 Å². The molecule has 1 aliphatic rings. The van der Waals surface area contributed by atoms with Crippen LogP contribution in [0.25, 0.3) is 0 Å². The molecule has 1 aliphatic heterocycles. The summed E-state index contributed by atoms with van der Waals surface area (Å²) in [6.07, 6.45) is 4.76. The second-order valence-electron chi connectivity index (χ2n) is 4.70. The number of aryl methyl sites for hydroxylation is 1. The van der Waals surface area contributed by atoms with E-state index in [0.717, 1.165) is 32.6 Å². The summed E-state index contributed by atoms with van der Waals surface area (Å²) in [5, 5.41) is 9.55. The molecular weight excluding hydrogens is 202 g/mol. The van der Waals surface area contributed by atoms with Crippen molar-refractivity contribution in [3.05, 3.63) is 18.2 Å². The Hall–Kier alpha value is -0.870. The van der Waals surface area contributed by atoms with Crippen molar-refractivity contribution < 1.29 is 5.11 Å². The zero-order valence-electron chi connectivity index (χ0n) is 10.1. The van der Waals surface area contributed by atoms with Crippen molar-refractivity contribution in [1.82, 2.24) is 14.5 Å². The second-order valence-corrected chi connectivity index (χ2v) is 4.70. The Balaban J connectivity index is 1.92. The van der Waals surface area contributed by atoms with Crippen molar-refractivity contribution in [1.29, 1.82) is 0 Å². The lowest BCUT2D eigenvalue weighted by molar-refractivity contribution is 0.127. The lowest BCUT2D eigenvalue weighted by Crippen LogP contribution is -2.24. The molecule has 1 aromatic rings. The van der Waals surface area contributed by atoms with E-state index in [1.165, 1.54) is 5.69 Å². The largest absolute Gasteiger partial charge is 0.393 e. The van der Waals surface area contributed by atoms with Crippen molar-refractivity contribution in [3.8, 4) is 0 Å². The van der Waals surface area contributed by atoms with Crippen LogP contribution in [0.15, 0.2) is 12.5 Å². The monoisotopic (exact) mass is 223 g/mol. The summed E-state index contributed by atoms with van der Waals surface area (Å²) >= 11 is 0. The molecule has 0 bridgehead atoms. The molecular formula is C12H21N3O. The number of aromatic nitrogens is 2. The highest BCUT2D eigenvalue weighted by Crippen LogP contribution is 2.21. The number of likely N-dealkylation sites (tertiary alicyclic amines) is 1. The van der Waals surface area contributed by atoms with Crippen LogP contribution in [-0.4, -0.2) is 38.8 Å². The van der Waals surface area contributed by atoms with Crippen LogP contribution in [0.5, 0.6) is 0 Å². The highest BCUT2D eigenvalue weighted by Gasteiger charge is 2.26. The third-order valence-corrected chi connectivity index (χ3v) is 3.52. The van der Waals surface area contributed by atoms with Crippen molar-refractivity contribution >= 4 is 0 Å². The van der Waals surface area contributed by atoms with Gasteiger partial charge in [0.25, 0.3) is 0 Å². The third-order valence-electron chi connectivity index (χ3n) is 3.52. The average molecular weight is 223 g/mol. The lowest BCUT2D eigenvalue weighted by atomic mass is 10.0. The van der Waals surface area contributed by atoms with Gasteiger partial charge in [-0.25, -0.2) is 4.98 Å². The number of imidazole rings is 1. The minimum atomic E-state index is -0.180. The fraction of sp³-hybridized carbons (Fsp3) is 0.750. The number of nitrogens with zero attached hydrogens (tertiary/aromatic N) is 3. The highest BCUT2D eigenvalue weighted by atomic mass is 16.3. The molecule has 2 heterocycles. The summed E-state index contributed by atoms with van der Waals surface area (Å²) in [6.45, 7) is 8.05. The van der Waals surface area contributed by atoms with Crippen molar-refractivity contribution in [2.24, 2.45) is 5.92 Å². The summed E-state index contributed by atoms with van der Waals surface area (Å²) in [5.74, 6) is 0.443. The number of rotatable bonds is 4. The Kier molecular flexibility index (Phi) is 3.61. The number of hydrogen-bond acceptors (Lipinski definition) is 3. The fourth-order valence-corrected chi connectivity index (χ4v) is 2.39. The molecule has 90 valence electrons. The summed E-state index contributed by atoms with van der Waals surface area (Å²) in [7, 11) is 0. The van der Waals surface area contributed by atoms with E-state index in [0.29, 0.717) is 5.92 Å². The van der Waals surface area contributed by atoms with Crippen LogP contribution in [0.1, 0.15) is 26.0 Å². The normalized spacial score (nSPS) is 23.8. The van der Waals surface area contributed by atoms with E-state index < -0.39 is 0 Å². The first-order chi connectivity index (χ1) is 7.70. The van der Waals surface area contributed by atoms with E-state index in [4.69, 9.17) is 0 Å². The molecule has 16 heavy (non-hydrogen) atoms. The molecule has 0 amide bonds. The standard InChI is InChI=1S/C12H21N3O/c1-3-15-9-13-6-12(15)8-14-5-4-11(7-14)10(2)16/h6,9-11,16H,3-5,7-8H2,1-2H3. The summed E-state index contributed by atoms with van der Waals surface area (Å²) in [5.41, 5.74) is 1.27. The van der Waals surface area contributed by atoms with Gasteiger partial charge in [0.1, 0.15) is 0 Å². The zero-order chi connectivity index (χ0) is 11.5. The maximum atomic E-state index is 9.55. The van der Waals surface area contributed by atoms with Gasteiger partial charge < -0.3 is 9.67 Å². The Morgan fingerprint density at radius 1 is 1.62 bits per heavy atom. The Labute approximate surface area is 96.9 Å². The quantitative estimate of drug-likeness (QED) is 0.831. The van der Waals surface area contributed by atoms with Gasteiger partial charge in [-0.1, -0.05) is 0 Å². The van der Waals surface area contributed by atoms with Gasteiger partial charge >= 0.3 is 0 Å². The molecule has 0 saturated carbocycles. The summed E-state index contributed by atoms with van der Waals surface area (Å²) in [4.78, 5) is 6.58. The van der Waals surface area contributed by atoms with Crippen LogP contribution in [0.3, 0.4) is 0 Å². The average Bonchev–Trinajstić information content (AvgIpc) is 2.87. The van der Waals surface area contributed by atoms with Crippen molar-refractivity contribution in [2.75, 3.05) is 13.1 Å². The maximum absolute atomic E-state index is 9.55. The van der Waals surface area contributed by atoms with Crippen LogP contribution in [0.2, 0.25) is 0 Å². The zero-order valence-corrected chi connectivity index (χ0v) is 10.1. The highest BCUT2D eigenvalue weighted by molar-refractivity contribution is 4.99. The summed E-state index contributed by atoms with van der Waals surface area (Å²) in [6, 6.07) is 0. The first-order valence-corrected chi connectivity index (χ1v) is 6.10. The fourth-order valence-electron chi connectivity index (χ4n) is 2.39. The lowest BCUT2D eigenvalue weighted by Gasteiger charge is -2.17. The molecule has 0 aliphatic carbocycles. The van der Waals surface area contributed by atoms with Gasteiger partial charge in [-0.2, -0.15) is 0 Å². The van der Waals surface area contributed by atoms with E-state index in [2.05, 4.69) is 21.4 Å². The second kappa shape index (κ2) is 4.97. The van der Waals surface area contributed by atoms with Crippen LogP contribution in [0.4, 0.5) is 0 Å². The number of aliphatic hydroxyl groups excluding tert-OH is 1. The van der Waals surface area contributed by atoms with Gasteiger partial charge in [0, 0.05) is 25.8 Å². The van der Waals surface area contributed by atoms with Crippen molar-refractivity contribution in [2.45, 2.75) is 39.5 Å². The minimum Gasteiger partial charge on any atom is -0.393 e. The molecule has 2 atom stereocenters. The minimum absolute atomic E-state index is 0.180. The van der Waals surface area contributed by atoms with Crippen LogP contribution in [-0.2, 0) is 13.1 Å². The van der Waals surface area contributed by atoms with Gasteiger partial charge in [-0.3, -0.25) is 4.90 Å². The van der Waals surface area contributed by atoms with Crippen molar-refractivity contribution in [3.63, 3.8) is 0 Å². The predicted molar refractivity (Wildman–Crippen MR) is 63.0 cm³/mol. The Bertz CT molecular complexity index is 335. The summed E-state index contributed by atoms with van der Waals surface area (Å²) < 4.78 is 2.18. The molecule has 2 unspecified atom stereocenters. The molecule has 4 nitrogen and oxygen atoms in total. The predicted octanol–water partition coefficient (Wildman–Crippen LogP) is 1.11. The molecule has 0 radical (unpaired) electrons. The molecule has 0 spiro atoms. The van der Waals surface area contributed by atoms with Crippen LogP contribution in [0, 0.1) is 5.92 Å². The maximum Gasteiger partial charge on any atom is 0.0948 e. The van der Waals surface area contributed by atoms with Crippen LogP contribution >= 0.6 is 0 Å². The molecule has 4 heteroatoms. The first kappa shape index (κ1) is 11.6. The van der Waals surface area contributed by atoms with Gasteiger partial charge in [-0.05, 0) is 32.7 Å². The first-order valence-electron chi connectivity index (χ1n) is 6.10. The smallest absolute Gasteiger partial charge is 0.0948 e. The van der Waals surface area contributed by atoms with Gasteiger partial charge in [0.05, 0.1) is 18.1 Å². The molecule has 0 aromatic carbocycles. The molecule has 1 aromatic heterocycles. The van der Waals surface area contributed by atoms with E-state index in [1.807, 2.05) is 19.4 Å².